The minimum Gasteiger partial charge on any atom is -0.493 e. The Kier molecular flexibility index (Phi) is 7.34. The zero-order valence-electron chi connectivity index (χ0n) is 17.8. The number of nitrogens with one attached hydrogen (secondary N) is 3. The van der Waals surface area contributed by atoms with E-state index in [0.29, 0.717) is 5.11 Å². The number of benzene rings is 2. The van der Waals surface area contributed by atoms with Crippen LogP contribution in [0.3, 0.4) is 0 Å². The van der Waals surface area contributed by atoms with Crippen LogP contribution in [0.1, 0.15) is 35.2 Å². The molecule has 1 heterocycles. The molecule has 0 amide bonds. The molecule has 0 radical (unpaired) electrons. The molecule has 6 heteroatoms. The summed E-state index contributed by atoms with van der Waals surface area (Å²) in [6.45, 7) is 7.82. The van der Waals surface area contributed by atoms with Crippen LogP contribution in [-0.4, -0.2) is 39.0 Å². The first-order chi connectivity index (χ1) is 14.0. The first kappa shape index (κ1) is 21.4. The molecular weight excluding hydrogens is 382 g/mol. The predicted octanol–water partition coefficient (Wildman–Crippen LogP) is 2.18. The Labute approximate surface area is 179 Å². The molecule has 0 saturated heterocycles. The highest BCUT2D eigenvalue weighted by atomic mass is 32.1. The minimum absolute atomic E-state index is 0.275. The average Bonchev–Trinajstić information content (AvgIpc) is 2.73. The number of methoxy groups -OCH3 is 2. The van der Waals surface area contributed by atoms with E-state index in [1.54, 1.807) is 14.2 Å². The van der Waals surface area contributed by atoms with Gasteiger partial charge in [0, 0.05) is 24.1 Å². The van der Waals surface area contributed by atoms with Crippen LogP contribution in [0, 0.1) is 6.92 Å². The number of aryl methyl sites for hydroxylation is 1. The molecule has 0 aliphatic carbocycles. The summed E-state index contributed by atoms with van der Waals surface area (Å²) in [6, 6.07) is 13.4. The summed E-state index contributed by atoms with van der Waals surface area (Å²) >= 11 is 5.41. The average molecular weight is 415 g/mol. The molecule has 1 aliphatic rings. The summed E-state index contributed by atoms with van der Waals surface area (Å²) < 4.78 is 11.1. The number of quaternary nitrogens is 1. The van der Waals surface area contributed by atoms with Crippen molar-refractivity contribution in [3.63, 3.8) is 0 Å². The third-order valence-electron chi connectivity index (χ3n) is 5.58. The standard InChI is InChI=1S/C23H31N3O2S/c1-5-24-23(29)25-14-20-19-13-22(28-4)21(27-3)12-18(19)10-11-26(20)15-17-8-6-16(2)7-9-17/h6-9,12-13,20H,5,10-11,14-15H2,1-4H3,(H2,24,25,29)/p+1/t20-/m1/s1. The Hall–Kier alpha value is -2.31. The molecule has 29 heavy (non-hydrogen) atoms. The van der Waals surface area contributed by atoms with Crippen LogP contribution in [0.15, 0.2) is 36.4 Å². The third kappa shape index (κ3) is 5.19. The summed E-state index contributed by atoms with van der Waals surface area (Å²) in [7, 11) is 3.38. The van der Waals surface area contributed by atoms with Gasteiger partial charge in [-0.2, -0.15) is 0 Å². The summed E-state index contributed by atoms with van der Waals surface area (Å²) in [5.41, 5.74) is 5.28. The molecule has 1 aliphatic heterocycles. The molecule has 5 nitrogen and oxygen atoms in total. The van der Waals surface area contributed by atoms with Crippen molar-refractivity contribution >= 4 is 17.3 Å². The van der Waals surface area contributed by atoms with Crippen molar-refractivity contribution in [3.8, 4) is 11.5 Å². The summed E-state index contributed by atoms with van der Waals surface area (Å²) in [4.78, 5) is 1.53. The van der Waals surface area contributed by atoms with E-state index in [-0.39, 0.29) is 6.04 Å². The van der Waals surface area contributed by atoms with Gasteiger partial charge < -0.3 is 25.0 Å². The molecule has 156 valence electrons. The lowest BCUT2D eigenvalue weighted by Gasteiger charge is -2.35. The van der Waals surface area contributed by atoms with Gasteiger partial charge in [0.15, 0.2) is 16.6 Å². The lowest BCUT2D eigenvalue weighted by atomic mass is 9.91. The first-order valence-electron chi connectivity index (χ1n) is 10.2. The Morgan fingerprint density at radius 2 is 1.79 bits per heavy atom. The molecular formula is C23H32N3O2S+. The summed E-state index contributed by atoms with van der Waals surface area (Å²) in [5, 5.41) is 7.30. The number of hydrogen-bond acceptors (Lipinski definition) is 3. The largest absolute Gasteiger partial charge is 0.493 e. The summed E-state index contributed by atoms with van der Waals surface area (Å²) in [5.74, 6) is 1.57. The summed E-state index contributed by atoms with van der Waals surface area (Å²) in [6.07, 6.45) is 1.02. The Balaban J connectivity index is 1.89. The van der Waals surface area contributed by atoms with Crippen LogP contribution in [-0.2, 0) is 13.0 Å². The fourth-order valence-corrected chi connectivity index (χ4v) is 4.25. The van der Waals surface area contributed by atoms with Crippen LogP contribution in [0.25, 0.3) is 0 Å². The van der Waals surface area contributed by atoms with Crippen molar-refractivity contribution in [2.75, 3.05) is 33.9 Å². The van der Waals surface area contributed by atoms with Crippen LogP contribution in [0.4, 0.5) is 0 Å². The maximum atomic E-state index is 5.59. The lowest BCUT2D eigenvalue weighted by Crippen LogP contribution is -3.12. The smallest absolute Gasteiger partial charge is 0.166 e. The van der Waals surface area contributed by atoms with E-state index in [1.165, 1.54) is 27.2 Å². The monoisotopic (exact) mass is 414 g/mol. The van der Waals surface area contributed by atoms with Gasteiger partial charge in [0.2, 0.25) is 0 Å². The number of hydrogen-bond donors (Lipinski definition) is 3. The molecule has 0 saturated carbocycles. The highest BCUT2D eigenvalue weighted by molar-refractivity contribution is 7.80. The predicted molar refractivity (Wildman–Crippen MR) is 121 cm³/mol. The van der Waals surface area contributed by atoms with Gasteiger partial charge in [-0.1, -0.05) is 29.8 Å². The van der Waals surface area contributed by atoms with E-state index in [1.807, 2.05) is 0 Å². The van der Waals surface area contributed by atoms with Gasteiger partial charge in [0.25, 0.3) is 0 Å². The second-order valence-corrected chi connectivity index (χ2v) is 7.93. The van der Waals surface area contributed by atoms with Crippen molar-refractivity contribution < 1.29 is 14.4 Å². The Bertz CT molecular complexity index is 839. The van der Waals surface area contributed by atoms with E-state index in [2.05, 4.69) is 60.9 Å². The van der Waals surface area contributed by atoms with Crippen molar-refractivity contribution in [3.05, 3.63) is 58.7 Å². The van der Waals surface area contributed by atoms with Crippen molar-refractivity contribution in [2.24, 2.45) is 0 Å². The fraction of sp³-hybridized carbons (Fsp3) is 0.435. The van der Waals surface area contributed by atoms with Crippen molar-refractivity contribution in [1.82, 2.24) is 10.6 Å². The van der Waals surface area contributed by atoms with Crippen LogP contribution in [0.2, 0.25) is 0 Å². The maximum Gasteiger partial charge on any atom is 0.166 e. The normalized spacial score (nSPS) is 17.9. The minimum atomic E-state index is 0.275. The molecule has 0 bridgehead atoms. The maximum absolute atomic E-state index is 5.59. The second-order valence-electron chi connectivity index (χ2n) is 7.52. The topological polar surface area (TPSA) is 47.0 Å². The number of thiocarbonyl (C=S) groups is 1. The van der Waals surface area contributed by atoms with E-state index in [9.17, 15) is 0 Å². The highest BCUT2D eigenvalue weighted by Gasteiger charge is 2.32. The Morgan fingerprint density at radius 3 is 2.45 bits per heavy atom. The highest BCUT2D eigenvalue weighted by Crippen LogP contribution is 2.34. The molecule has 0 spiro atoms. The zero-order valence-corrected chi connectivity index (χ0v) is 18.6. The third-order valence-corrected chi connectivity index (χ3v) is 5.87. The molecule has 1 unspecified atom stereocenters. The molecule has 3 N–H and O–H groups in total. The molecule has 0 fully saturated rings. The molecule has 2 atom stereocenters. The fourth-order valence-electron chi connectivity index (χ4n) is 4.02. The van der Waals surface area contributed by atoms with E-state index in [4.69, 9.17) is 21.7 Å². The van der Waals surface area contributed by atoms with Crippen molar-refractivity contribution in [2.45, 2.75) is 32.9 Å². The SMILES string of the molecule is CCNC(=S)NC[C@@H]1c2cc(OC)c(OC)cc2CC[NH+]1Cc1ccc(C)cc1. The molecule has 2 aromatic carbocycles. The van der Waals surface area contributed by atoms with Gasteiger partial charge >= 0.3 is 0 Å². The van der Waals surface area contributed by atoms with Gasteiger partial charge in [0.05, 0.1) is 27.3 Å². The zero-order chi connectivity index (χ0) is 20.8. The van der Waals surface area contributed by atoms with E-state index >= 15 is 0 Å². The first-order valence-corrected chi connectivity index (χ1v) is 10.6. The lowest BCUT2D eigenvalue weighted by molar-refractivity contribution is -0.945. The number of fused-ring (bicyclic) bond motifs is 1. The van der Waals surface area contributed by atoms with Gasteiger partial charge in [-0.25, -0.2) is 0 Å². The van der Waals surface area contributed by atoms with Crippen LogP contribution >= 0.6 is 12.2 Å². The second kappa shape index (κ2) is 9.94. The van der Waals surface area contributed by atoms with Gasteiger partial charge in [0.1, 0.15) is 12.6 Å². The van der Waals surface area contributed by atoms with Crippen LogP contribution in [0.5, 0.6) is 11.5 Å². The van der Waals surface area contributed by atoms with E-state index < -0.39 is 0 Å². The van der Waals surface area contributed by atoms with E-state index in [0.717, 1.165) is 44.1 Å². The van der Waals surface area contributed by atoms with Gasteiger partial charge in [-0.15, -0.1) is 0 Å². The molecule has 2 aromatic rings. The quantitative estimate of drug-likeness (QED) is 0.607. The molecule has 0 aromatic heterocycles. The van der Waals surface area contributed by atoms with Gasteiger partial charge in [-0.05, 0) is 43.8 Å². The Morgan fingerprint density at radius 1 is 1.10 bits per heavy atom. The van der Waals surface area contributed by atoms with Crippen molar-refractivity contribution in [1.29, 1.82) is 0 Å². The number of ether oxygens (including phenoxy) is 2. The number of rotatable bonds is 7. The van der Waals surface area contributed by atoms with Crippen LogP contribution < -0.4 is 25.0 Å². The van der Waals surface area contributed by atoms with Gasteiger partial charge in [-0.3, -0.25) is 0 Å². The molecule has 3 rings (SSSR count).